The molecule has 0 unspecified atom stereocenters. The lowest BCUT2D eigenvalue weighted by Gasteiger charge is -1.94. The molecule has 0 amide bonds. The van der Waals surface area contributed by atoms with E-state index in [1.54, 1.807) is 23.0 Å². The Hall–Kier alpha value is -2.25. The molecule has 1 aromatic carbocycles. The van der Waals surface area contributed by atoms with E-state index in [0.29, 0.717) is 35.5 Å². The van der Waals surface area contributed by atoms with Gasteiger partial charge in [0, 0.05) is 17.1 Å². The van der Waals surface area contributed by atoms with Gasteiger partial charge < -0.3 is 10.3 Å². The second-order valence-electron chi connectivity index (χ2n) is 4.13. The number of aromatic nitrogens is 5. The summed E-state index contributed by atoms with van der Waals surface area (Å²) >= 11 is 5.83. The fourth-order valence-electron chi connectivity index (χ4n) is 1.68. The van der Waals surface area contributed by atoms with E-state index in [1.807, 2.05) is 12.1 Å². The van der Waals surface area contributed by atoms with Gasteiger partial charge in [-0.15, -0.1) is 5.10 Å². The van der Waals surface area contributed by atoms with E-state index >= 15 is 0 Å². The Morgan fingerprint density at radius 1 is 1.25 bits per heavy atom. The minimum atomic E-state index is 0.347. The summed E-state index contributed by atoms with van der Waals surface area (Å²) in [6, 6.07) is 7.22. The number of rotatable bonds is 4. The fourth-order valence-corrected chi connectivity index (χ4v) is 1.81. The molecule has 8 heteroatoms. The molecule has 0 spiro atoms. The van der Waals surface area contributed by atoms with Gasteiger partial charge in [-0.05, 0) is 24.3 Å². The SMILES string of the molecule is NCc1cn(Cc2nc(-c3ccc(Cl)cc3)no2)nn1. The molecule has 2 N–H and O–H groups in total. The average Bonchev–Trinajstić information content (AvgIpc) is 3.09. The van der Waals surface area contributed by atoms with Gasteiger partial charge in [-0.2, -0.15) is 4.98 Å². The molecule has 7 nitrogen and oxygen atoms in total. The Kier molecular flexibility index (Phi) is 3.44. The molecule has 0 aliphatic rings. The smallest absolute Gasteiger partial charge is 0.248 e. The molecule has 0 saturated carbocycles. The summed E-state index contributed by atoms with van der Waals surface area (Å²) in [7, 11) is 0. The molecule has 3 rings (SSSR count). The lowest BCUT2D eigenvalue weighted by atomic mass is 10.2. The van der Waals surface area contributed by atoms with E-state index in [1.165, 1.54) is 0 Å². The van der Waals surface area contributed by atoms with Gasteiger partial charge in [0.15, 0.2) is 0 Å². The summed E-state index contributed by atoms with van der Waals surface area (Å²) in [4.78, 5) is 4.30. The maximum absolute atomic E-state index is 5.83. The minimum Gasteiger partial charge on any atom is -0.337 e. The maximum Gasteiger partial charge on any atom is 0.248 e. The molecule has 102 valence electrons. The van der Waals surface area contributed by atoms with Crippen molar-refractivity contribution in [3.8, 4) is 11.4 Å². The maximum atomic E-state index is 5.83. The largest absolute Gasteiger partial charge is 0.337 e. The standard InChI is InChI=1S/C12H11ClN6O/c13-9-3-1-8(2-4-9)12-15-11(20-17-12)7-19-6-10(5-14)16-18-19/h1-4,6H,5,7,14H2. The predicted molar refractivity (Wildman–Crippen MR) is 71.8 cm³/mol. The van der Waals surface area contributed by atoms with E-state index < -0.39 is 0 Å². The van der Waals surface area contributed by atoms with Crippen molar-refractivity contribution in [1.82, 2.24) is 25.1 Å². The van der Waals surface area contributed by atoms with Crippen LogP contribution in [0.1, 0.15) is 11.6 Å². The number of hydrogen-bond acceptors (Lipinski definition) is 6. The first-order valence-electron chi connectivity index (χ1n) is 5.92. The minimum absolute atomic E-state index is 0.347. The molecule has 3 aromatic rings. The second-order valence-corrected chi connectivity index (χ2v) is 4.57. The van der Waals surface area contributed by atoms with Crippen LogP contribution in [-0.4, -0.2) is 25.1 Å². The van der Waals surface area contributed by atoms with Gasteiger partial charge >= 0.3 is 0 Å². The Bertz CT molecular complexity index is 705. The van der Waals surface area contributed by atoms with Crippen LogP contribution in [-0.2, 0) is 13.1 Å². The van der Waals surface area contributed by atoms with Gasteiger partial charge in [-0.3, -0.25) is 0 Å². The van der Waals surface area contributed by atoms with Gasteiger partial charge in [-0.25, -0.2) is 4.68 Å². The summed E-state index contributed by atoms with van der Waals surface area (Å²) in [5.41, 5.74) is 7.02. The van der Waals surface area contributed by atoms with Crippen LogP contribution in [0.2, 0.25) is 5.02 Å². The van der Waals surface area contributed by atoms with Crippen LogP contribution in [0.25, 0.3) is 11.4 Å². The monoisotopic (exact) mass is 290 g/mol. The number of nitrogens with two attached hydrogens (primary N) is 1. The first-order chi connectivity index (χ1) is 9.74. The molecule has 0 fully saturated rings. The van der Waals surface area contributed by atoms with Crippen LogP contribution < -0.4 is 5.73 Å². The Morgan fingerprint density at radius 3 is 2.75 bits per heavy atom. The van der Waals surface area contributed by atoms with Crippen molar-refractivity contribution < 1.29 is 4.52 Å². The summed E-state index contributed by atoms with van der Waals surface area (Å²) in [5.74, 6) is 0.958. The summed E-state index contributed by atoms with van der Waals surface area (Å²) in [6.45, 7) is 0.702. The number of benzene rings is 1. The molecule has 0 radical (unpaired) electrons. The zero-order valence-electron chi connectivity index (χ0n) is 10.4. The van der Waals surface area contributed by atoms with E-state index in [-0.39, 0.29) is 0 Å². The predicted octanol–water partition coefficient (Wildman–Crippen LogP) is 1.49. The molecule has 0 atom stereocenters. The van der Waals surface area contributed by atoms with Crippen molar-refractivity contribution in [1.29, 1.82) is 0 Å². The van der Waals surface area contributed by atoms with Crippen LogP contribution in [0.5, 0.6) is 0 Å². The lowest BCUT2D eigenvalue weighted by Crippen LogP contribution is -2.00. The summed E-state index contributed by atoms with van der Waals surface area (Å²) in [5, 5.41) is 12.4. The number of nitrogens with zero attached hydrogens (tertiary/aromatic N) is 5. The van der Waals surface area contributed by atoms with Crippen molar-refractivity contribution in [3.63, 3.8) is 0 Å². The van der Waals surface area contributed by atoms with Crippen molar-refractivity contribution in [2.24, 2.45) is 5.73 Å². The summed E-state index contributed by atoms with van der Waals surface area (Å²) in [6.07, 6.45) is 1.74. The van der Waals surface area contributed by atoms with E-state index in [9.17, 15) is 0 Å². The number of hydrogen-bond donors (Lipinski definition) is 1. The van der Waals surface area contributed by atoms with Gasteiger partial charge in [0.1, 0.15) is 6.54 Å². The zero-order valence-corrected chi connectivity index (χ0v) is 11.2. The Labute approximate surface area is 119 Å². The van der Waals surface area contributed by atoms with Crippen LogP contribution in [0.15, 0.2) is 35.0 Å². The first kappa shape index (κ1) is 12.8. The van der Waals surface area contributed by atoms with Crippen LogP contribution in [0.3, 0.4) is 0 Å². The first-order valence-corrected chi connectivity index (χ1v) is 6.30. The molecule has 0 bridgehead atoms. The molecule has 20 heavy (non-hydrogen) atoms. The van der Waals surface area contributed by atoms with Crippen molar-refractivity contribution in [2.75, 3.05) is 0 Å². The van der Waals surface area contributed by atoms with E-state index in [0.717, 1.165) is 5.56 Å². The van der Waals surface area contributed by atoms with Crippen LogP contribution in [0, 0.1) is 0 Å². The Morgan fingerprint density at radius 2 is 2.05 bits per heavy atom. The highest BCUT2D eigenvalue weighted by atomic mass is 35.5. The van der Waals surface area contributed by atoms with Gasteiger partial charge in [0.2, 0.25) is 11.7 Å². The molecule has 0 aliphatic carbocycles. The highest BCUT2D eigenvalue weighted by Gasteiger charge is 2.10. The highest BCUT2D eigenvalue weighted by molar-refractivity contribution is 6.30. The number of halogens is 1. The molecular weight excluding hydrogens is 280 g/mol. The molecule has 2 aromatic heterocycles. The normalized spacial score (nSPS) is 10.9. The lowest BCUT2D eigenvalue weighted by molar-refractivity contribution is 0.364. The zero-order chi connectivity index (χ0) is 13.9. The molecule has 2 heterocycles. The third-order valence-corrected chi connectivity index (χ3v) is 2.91. The van der Waals surface area contributed by atoms with E-state index in [4.69, 9.17) is 21.9 Å². The average molecular weight is 291 g/mol. The topological polar surface area (TPSA) is 95.7 Å². The van der Waals surface area contributed by atoms with Crippen LogP contribution >= 0.6 is 11.6 Å². The quantitative estimate of drug-likeness (QED) is 0.782. The highest BCUT2D eigenvalue weighted by Crippen LogP contribution is 2.18. The van der Waals surface area contributed by atoms with E-state index in [2.05, 4.69) is 20.5 Å². The Balaban J connectivity index is 1.78. The third-order valence-electron chi connectivity index (χ3n) is 2.66. The third kappa shape index (κ3) is 2.68. The molecule has 0 aliphatic heterocycles. The molecular formula is C12H11ClN6O. The molecule has 0 saturated heterocycles. The van der Waals surface area contributed by atoms with Crippen molar-refractivity contribution >= 4 is 11.6 Å². The fraction of sp³-hybridized carbons (Fsp3) is 0.167. The van der Waals surface area contributed by atoms with Gasteiger partial charge in [-0.1, -0.05) is 22.0 Å². The van der Waals surface area contributed by atoms with Crippen molar-refractivity contribution in [2.45, 2.75) is 13.1 Å². The van der Waals surface area contributed by atoms with Crippen LogP contribution in [0.4, 0.5) is 0 Å². The summed E-state index contributed by atoms with van der Waals surface area (Å²) < 4.78 is 6.78. The second kappa shape index (κ2) is 5.40. The van der Waals surface area contributed by atoms with Gasteiger partial charge in [0.05, 0.1) is 11.9 Å². The van der Waals surface area contributed by atoms with Gasteiger partial charge in [0.25, 0.3) is 0 Å². The van der Waals surface area contributed by atoms with Crippen molar-refractivity contribution in [3.05, 3.63) is 47.1 Å².